The molecule has 3 atom stereocenters. The second kappa shape index (κ2) is 8.42. The number of hydrogen-bond donors (Lipinski definition) is 2. The highest BCUT2D eigenvalue weighted by Crippen LogP contribution is 2.20. The van der Waals surface area contributed by atoms with Gasteiger partial charge in [0.15, 0.2) is 11.6 Å². The van der Waals surface area contributed by atoms with Gasteiger partial charge in [-0.1, -0.05) is 6.07 Å². The molecular weight excluding hydrogens is 314 g/mol. The standard InChI is InChI=1S/C18H26F2N2O2/c1-12(5-6-14-7-8-16(19)17(20)10-14)21-18(24)22-9-3-4-15(11-22)13(2)23/h7-8,10,12-13,15,23H,3-6,9,11H2,1-2H3,(H,21,24)/t12-,13+,15+/m1/s1. The number of rotatable bonds is 5. The Hall–Kier alpha value is -1.69. The summed E-state index contributed by atoms with van der Waals surface area (Å²) in [6, 6.07) is 3.68. The van der Waals surface area contributed by atoms with Gasteiger partial charge in [-0.25, -0.2) is 13.6 Å². The van der Waals surface area contributed by atoms with E-state index < -0.39 is 17.7 Å². The van der Waals surface area contributed by atoms with Crippen molar-refractivity contribution < 1.29 is 18.7 Å². The van der Waals surface area contributed by atoms with E-state index in [1.165, 1.54) is 6.07 Å². The molecule has 0 bridgehead atoms. The molecule has 24 heavy (non-hydrogen) atoms. The average molecular weight is 340 g/mol. The molecule has 2 rings (SSSR count). The van der Waals surface area contributed by atoms with Gasteiger partial charge in [0.05, 0.1) is 6.10 Å². The van der Waals surface area contributed by atoms with E-state index >= 15 is 0 Å². The number of hydrogen-bond acceptors (Lipinski definition) is 2. The molecule has 0 unspecified atom stereocenters. The van der Waals surface area contributed by atoms with Crippen molar-refractivity contribution in [1.29, 1.82) is 0 Å². The number of piperidine rings is 1. The molecule has 1 heterocycles. The third-order valence-electron chi connectivity index (χ3n) is 4.65. The first kappa shape index (κ1) is 18.6. The van der Waals surface area contributed by atoms with Crippen LogP contribution in [0.3, 0.4) is 0 Å². The minimum atomic E-state index is -0.849. The van der Waals surface area contributed by atoms with Crippen LogP contribution >= 0.6 is 0 Å². The smallest absolute Gasteiger partial charge is 0.317 e. The summed E-state index contributed by atoms with van der Waals surface area (Å²) in [6.07, 6.45) is 2.63. The highest BCUT2D eigenvalue weighted by molar-refractivity contribution is 5.74. The molecule has 1 aliphatic heterocycles. The van der Waals surface area contributed by atoms with E-state index in [1.807, 2.05) is 6.92 Å². The largest absolute Gasteiger partial charge is 0.393 e. The third kappa shape index (κ3) is 5.16. The average Bonchev–Trinajstić information content (AvgIpc) is 2.56. The van der Waals surface area contributed by atoms with Crippen LogP contribution in [-0.2, 0) is 6.42 Å². The fraction of sp³-hybridized carbons (Fsp3) is 0.611. The Kier molecular flexibility index (Phi) is 6.54. The number of amides is 2. The van der Waals surface area contributed by atoms with Gasteiger partial charge in [0.25, 0.3) is 0 Å². The Balaban J connectivity index is 1.79. The fourth-order valence-corrected chi connectivity index (χ4v) is 3.04. The zero-order chi connectivity index (χ0) is 17.7. The molecule has 2 N–H and O–H groups in total. The van der Waals surface area contributed by atoms with Crippen LogP contribution < -0.4 is 5.32 Å². The summed E-state index contributed by atoms with van der Waals surface area (Å²) >= 11 is 0. The van der Waals surface area contributed by atoms with Crippen molar-refractivity contribution >= 4 is 6.03 Å². The molecule has 1 saturated heterocycles. The van der Waals surface area contributed by atoms with E-state index in [4.69, 9.17) is 0 Å². The van der Waals surface area contributed by atoms with E-state index in [9.17, 15) is 18.7 Å². The number of halogens is 2. The molecule has 134 valence electrons. The lowest BCUT2D eigenvalue weighted by molar-refractivity contribution is 0.0734. The first-order valence-corrected chi connectivity index (χ1v) is 8.54. The maximum Gasteiger partial charge on any atom is 0.317 e. The molecule has 0 spiro atoms. The van der Waals surface area contributed by atoms with Crippen molar-refractivity contribution in [2.45, 2.75) is 51.7 Å². The van der Waals surface area contributed by atoms with Gasteiger partial charge in [0.1, 0.15) is 0 Å². The van der Waals surface area contributed by atoms with Crippen molar-refractivity contribution in [2.24, 2.45) is 5.92 Å². The van der Waals surface area contributed by atoms with Gasteiger partial charge in [0.2, 0.25) is 0 Å². The Morgan fingerprint density at radius 2 is 2.12 bits per heavy atom. The van der Waals surface area contributed by atoms with Crippen molar-refractivity contribution in [3.05, 3.63) is 35.4 Å². The van der Waals surface area contributed by atoms with Gasteiger partial charge in [-0.15, -0.1) is 0 Å². The molecule has 0 saturated carbocycles. The molecule has 0 aliphatic carbocycles. The monoisotopic (exact) mass is 340 g/mol. The van der Waals surface area contributed by atoms with Crippen LogP contribution in [0.4, 0.5) is 13.6 Å². The summed E-state index contributed by atoms with van der Waals surface area (Å²) in [6.45, 7) is 4.93. The van der Waals surface area contributed by atoms with Crippen molar-refractivity contribution in [3.8, 4) is 0 Å². The lowest BCUT2D eigenvalue weighted by atomic mass is 9.94. The van der Waals surface area contributed by atoms with Crippen LogP contribution in [0, 0.1) is 17.6 Å². The van der Waals surface area contributed by atoms with Gasteiger partial charge in [-0.05, 0) is 57.2 Å². The molecule has 4 nitrogen and oxygen atoms in total. The van der Waals surface area contributed by atoms with Crippen LogP contribution in [0.25, 0.3) is 0 Å². The van der Waals surface area contributed by atoms with Gasteiger partial charge < -0.3 is 15.3 Å². The fourth-order valence-electron chi connectivity index (χ4n) is 3.04. The minimum absolute atomic E-state index is 0.0717. The highest BCUT2D eigenvalue weighted by atomic mass is 19.2. The summed E-state index contributed by atoms with van der Waals surface area (Å²) in [7, 11) is 0. The summed E-state index contributed by atoms with van der Waals surface area (Å²) in [5, 5.41) is 12.6. The van der Waals surface area contributed by atoms with Crippen LogP contribution in [0.2, 0.25) is 0 Å². The van der Waals surface area contributed by atoms with Gasteiger partial charge in [-0.2, -0.15) is 0 Å². The number of likely N-dealkylation sites (tertiary alicyclic amines) is 1. The molecule has 1 aromatic rings. The minimum Gasteiger partial charge on any atom is -0.393 e. The first-order chi connectivity index (χ1) is 11.4. The van der Waals surface area contributed by atoms with E-state index in [-0.39, 0.29) is 18.0 Å². The van der Waals surface area contributed by atoms with E-state index in [1.54, 1.807) is 17.9 Å². The molecule has 0 aromatic heterocycles. The van der Waals surface area contributed by atoms with Crippen LogP contribution in [0.15, 0.2) is 18.2 Å². The molecule has 1 fully saturated rings. The second-order valence-electron chi connectivity index (χ2n) is 6.73. The van der Waals surface area contributed by atoms with Gasteiger partial charge >= 0.3 is 6.03 Å². The molecule has 1 aromatic carbocycles. The van der Waals surface area contributed by atoms with Crippen molar-refractivity contribution in [3.63, 3.8) is 0 Å². The van der Waals surface area contributed by atoms with Crippen molar-refractivity contribution in [1.82, 2.24) is 10.2 Å². The number of carbonyl (C=O) groups is 1. The number of aliphatic hydroxyl groups excluding tert-OH is 1. The number of aliphatic hydroxyl groups is 1. The maximum absolute atomic E-state index is 13.2. The lowest BCUT2D eigenvalue weighted by Gasteiger charge is -2.34. The summed E-state index contributed by atoms with van der Waals surface area (Å²) in [4.78, 5) is 14.1. The number of aryl methyl sites for hydroxylation is 1. The maximum atomic E-state index is 13.2. The van der Waals surface area contributed by atoms with Crippen molar-refractivity contribution in [2.75, 3.05) is 13.1 Å². The molecule has 1 aliphatic rings. The number of nitrogens with zero attached hydrogens (tertiary/aromatic N) is 1. The van der Waals surface area contributed by atoms with Gasteiger partial charge in [0, 0.05) is 25.0 Å². The summed E-state index contributed by atoms with van der Waals surface area (Å²) in [5.74, 6) is -1.57. The Labute approximate surface area is 141 Å². The number of benzene rings is 1. The van der Waals surface area contributed by atoms with Crippen LogP contribution in [0.5, 0.6) is 0 Å². The summed E-state index contributed by atoms with van der Waals surface area (Å²) < 4.78 is 26.1. The second-order valence-corrected chi connectivity index (χ2v) is 6.73. The highest BCUT2D eigenvalue weighted by Gasteiger charge is 2.26. The quantitative estimate of drug-likeness (QED) is 0.865. The van der Waals surface area contributed by atoms with E-state index in [2.05, 4.69) is 5.32 Å². The number of urea groups is 1. The van der Waals surface area contributed by atoms with E-state index in [0.29, 0.717) is 31.5 Å². The Morgan fingerprint density at radius 3 is 2.79 bits per heavy atom. The number of carbonyl (C=O) groups excluding carboxylic acids is 1. The van der Waals surface area contributed by atoms with Crippen LogP contribution in [-0.4, -0.2) is 41.3 Å². The zero-order valence-corrected chi connectivity index (χ0v) is 14.3. The predicted octanol–water partition coefficient (Wildman–Crippen LogP) is 3.09. The SMILES string of the molecule is C[C@H](CCc1ccc(F)c(F)c1)NC(=O)N1CCC[C@H]([C@H](C)O)C1. The van der Waals surface area contributed by atoms with Crippen LogP contribution in [0.1, 0.15) is 38.7 Å². The molecular formula is C18H26F2N2O2. The normalized spacial score (nSPS) is 20.5. The first-order valence-electron chi connectivity index (χ1n) is 8.54. The molecule has 6 heteroatoms. The number of nitrogens with one attached hydrogen (secondary N) is 1. The summed E-state index contributed by atoms with van der Waals surface area (Å²) in [5.41, 5.74) is 0.710. The molecule has 2 amide bonds. The predicted molar refractivity (Wildman–Crippen MR) is 88.7 cm³/mol. The zero-order valence-electron chi connectivity index (χ0n) is 14.3. The third-order valence-corrected chi connectivity index (χ3v) is 4.65. The topological polar surface area (TPSA) is 52.6 Å². The van der Waals surface area contributed by atoms with E-state index in [0.717, 1.165) is 18.9 Å². The Morgan fingerprint density at radius 1 is 1.38 bits per heavy atom. The Bertz CT molecular complexity index is 566. The lowest BCUT2D eigenvalue weighted by Crippen LogP contribution is -2.49. The van der Waals surface area contributed by atoms with Gasteiger partial charge in [-0.3, -0.25) is 0 Å². The molecule has 0 radical (unpaired) electrons.